The Balaban J connectivity index is 3.48. The zero-order chi connectivity index (χ0) is 15.7. The van der Waals surface area contributed by atoms with Gasteiger partial charge in [-0.3, -0.25) is 13.9 Å². The Bertz CT molecular complexity index is 717. The van der Waals surface area contributed by atoms with Gasteiger partial charge in [0.15, 0.2) is 4.90 Å². The summed E-state index contributed by atoms with van der Waals surface area (Å²) < 4.78 is 33.6. The summed E-state index contributed by atoms with van der Waals surface area (Å²) in [6.07, 6.45) is 0. The molecule has 0 saturated carbocycles. The van der Waals surface area contributed by atoms with Crippen LogP contribution in [0.5, 0.6) is 0 Å². The lowest BCUT2D eigenvalue weighted by Crippen LogP contribution is -2.45. The second-order valence-electron chi connectivity index (χ2n) is 4.60. The van der Waals surface area contributed by atoms with Crippen molar-refractivity contribution >= 4 is 10.0 Å². The normalized spacial score (nSPS) is 13.4. The first-order chi connectivity index (χ1) is 9.13. The summed E-state index contributed by atoms with van der Waals surface area (Å²) in [7, 11) is 0.0671. The fraction of sp³-hybridized carbons (Fsp3) is 0.636. The summed E-state index contributed by atoms with van der Waals surface area (Å²) in [5.41, 5.74) is -1.32. The number of ether oxygens (including phenoxy) is 1. The van der Waals surface area contributed by atoms with Gasteiger partial charge in [0, 0.05) is 32.9 Å². The van der Waals surface area contributed by atoms with Crippen molar-refractivity contribution in [3.05, 3.63) is 26.5 Å². The molecule has 1 aromatic heterocycles. The molecule has 1 aromatic rings. The summed E-state index contributed by atoms with van der Waals surface area (Å²) in [5.74, 6) is 0. The quantitative estimate of drug-likeness (QED) is 0.729. The maximum atomic E-state index is 12.3. The predicted molar refractivity (Wildman–Crippen MR) is 73.3 cm³/mol. The van der Waals surface area contributed by atoms with Crippen molar-refractivity contribution in [1.29, 1.82) is 0 Å². The van der Waals surface area contributed by atoms with Crippen LogP contribution in [-0.2, 0) is 28.9 Å². The zero-order valence-corrected chi connectivity index (χ0v) is 12.9. The molecule has 0 amide bonds. The molecule has 0 saturated heterocycles. The van der Waals surface area contributed by atoms with Gasteiger partial charge in [-0.25, -0.2) is 17.9 Å². The molecule has 1 heterocycles. The summed E-state index contributed by atoms with van der Waals surface area (Å²) in [5, 5.41) is 0. The van der Waals surface area contributed by atoms with Crippen LogP contribution in [0.1, 0.15) is 12.6 Å². The SMILES string of the molecule is COCC(C)NS(=O)(=O)c1c(C)n(C)c(=O)n(C)c1=O. The van der Waals surface area contributed by atoms with Gasteiger partial charge >= 0.3 is 5.69 Å². The van der Waals surface area contributed by atoms with Crippen LogP contribution < -0.4 is 16.0 Å². The van der Waals surface area contributed by atoms with E-state index in [1.54, 1.807) is 6.92 Å². The fourth-order valence-electron chi connectivity index (χ4n) is 1.83. The van der Waals surface area contributed by atoms with Gasteiger partial charge in [-0.1, -0.05) is 0 Å². The van der Waals surface area contributed by atoms with Crippen molar-refractivity contribution in [2.24, 2.45) is 14.1 Å². The second kappa shape index (κ2) is 5.90. The van der Waals surface area contributed by atoms with Gasteiger partial charge in [0.25, 0.3) is 5.56 Å². The highest BCUT2D eigenvalue weighted by molar-refractivity contribution is 7.89. The highest BCUT2D eigenvalue weighted by Gasteiger charge is 2.26. The lowest BCUT2D eigenvalue weighted by molar-refractivity contribution is 0.180. The number of nitrogens with one attached hydrogen (secondary N) is 1. The van der Waals surface area contributed by atoms with Crippen molar-refractivity contribution in [1.82, 2.24) is 13.9 Å². The largest absolute Gasteiger partial charge is 0.383 e. The number of methoxy groups -OCH3 is 1. The molecule has 0 bridgehead atoms. The minimum atomic E-state index is -4.03. The number of hydrogen-bond acceptors (Lipinski definition) is 5. The van der Waals surface area contributed by atoms with Crippen molar-refractivity contribution in [2.75, 3.05) is 13.7 Å². The molecule has 0 radical (unpaired) electrons. The highest BCUT2D eigenvalue weighted by Crippen LogP contribution is 2.08. The number of hydrogen-bond donors (Lipinski definition) is 1. The first-order valence-corrected chi connectivity index (χ1v) is 7.39. The van der Waals surface area contributed by atoms with Crippen molar-refractivity contribution in [2.45, 2.75) is 24.8 Å². The molecule has 1 unspecified atom stereocenters. The lowest BCUT2D eigenvalue weighted by Gasteiger charge is -2.16. The maximum Gasteiger partial charge on any atom is 0.330 e. The topological polar surface area (TPSA) is 99.4 Å². The molecule has 114 valence electrons. The molecule has 0 aliphatic rings. The number of nitrogens with zero attached hydrogens (tertiary/aromatic N) is 2. The molecule has 0 aromatic carbocycles. The van der Waals surface area contributed by atoms with Crippen LogP contribution in [-0.4, -0.2) is 37.3 Å². The molecule has 0 fully saturated rings. The minimum absolute atomic E-state index is 0.0928. The van der Waals surface area contributed by atoms with Crippen molar-refractivity contribution in [3.8, 4) is 0 Å². The third kappa shape index (κ3) is 3.00. The third-order valence-corrected chi connectivity index (χ3v) is 4.67. The van der Waals surface area contributed by atoms with E-state index in [9.17, 15) is 18.0 Å². The van der Waals surface area contributed by atoms with Gasteiger partial charge in [0.1, 0.15) is 0 Å². The van der Waals surface area contributed by atoms with E-state index in [2.05, 4.69) is 4.72 Å². The predicted octanol–water partition coefficient (Wildman–Crippen LogP) is -1.29. The summed E-state index contributed by atoms with van der Waals surface area (Å²) in [4.78, 5) is 23.3. The molecule has 1 atom stereocenters. The monoisotopic (exact) mass is 305 g/mol. The van der Waals surface area contributed by atoms with Crippen LogP contribution in [0.2, 0.25) is 0 Å². The molecule has 8 nitrogen and oxygen atoms in total. The van der Waals surface area contributed by atoms with E-state index >= 15 is 0 Å². The van der Waals surface area contributed by atoms with E-state index in [1.807, 2.05) is 0 Å². The molecule has 0 spiro atoms. The van der Waals surface area contributed by atoms with Gasteiger partial charge in [0.05, 0.1) is 6.61 Å². The molecular formula is C11H19N3O5S. The van der Waals surface area contributed by atoms with Crippen LogP contribution in [0.3, 0.4) is 0 Å². The van der Waals surface area contributed by atoms with E-state index in [1.165, 1.54) is 28.1 Å². The molecule has 1 N–H and O–H groups in total. The van der Waals surface area contributed by atoms with Gasteiger partial charge in [-0.15, -0.1) is 0 Å². The molecule has 0 aliphatic heterocycles. The molecule has 9 heteroatoms. The van der Waals surface area contributed by atoms with Crippen LogP contribution in [0.15, 0.2) is 14.5 Å². The Morgan fingerprint density at radius 1 is 1.25 bits per heavy atom. The summed E-state index contributed by atoms with van der Waals surface area (Å²) in [6, 6.07) is -0.494. The van der Waals surface area contributed by atoms with Crippen LogP contribution in [0.25, 0.3) is 0 Å². The smallest absolute Gasteiger partial charge is 0.330 e. The zero-order valence-electron chi connectivity index (χ0n) is 12.1. The van der Waals surface area contributed by atoms with E-state index in [0.717, 1.165) is 9.13 Å². The van der Waals surface area contributed by atoms with Gasteiger partial charge in [-0.2, -0.15) is 0 Å². The first-order valence-electron chi connectivity index (χ1n) is 5.91. The van der Waals surface area contributed by atoms with Crippen LogP contribution >= 0.6 is 0 Å². The van der Waals surface area contributed by atoms with Crippen molar-refractivity contribution < 1.29 is 13.2 Å². The molecule has 1 rings (SSSR count). The maximum absolute atomic E-state index is 12.3. The van der Waals surface area contributed by atoms with E-state index in [0.29, 0.717) is 0 Å². The second-order valence-corrected chi connectivity index (χ2v) is 6.25. The minimum Gasteiger partial charge on any atom is -0.383 e. The van der Waals surface area contributed by atoms with E-state index < -0.39 is 32.2 Å². The standard InChI is InChI=1S/C11H19N3O5S/c1-7(6-19-5)12-20(17,18)9-8(2)13(3)11(16)14(4)10(9)15/h7,12H,6H2,1-5H3. The number of aromatic nitrogens is 2. The average molecular weight is 305 g/mol. The summed E-state index contributed by atoms with van der Waals surface area (Å²) >= 11 is 0. The summed E-state index contributed by atoms with van der Waals surface area (Å²) in [6.45, 7) is 3.20. The third-order valence-electron chi connectivity index (χ3n) is 2.95. The Morgan fingerprint density at radius 2 is 1.80 bits per heavy atom. The Kier molecular flexibility index (Phi) is 4.90. The Morgan fingerprint density at radius 3 is 2.30 bits per heavy atom. The molecule has 0 aliphatic carbocycles. The fourth-order valence-corrected chi connectivity index (χ4v) is 3.44. The van der Waals surface area contributed by atoms with Crippen LogP contribution in [0, 0.1) is 6.92 Å². The number of sulfonamides is 1. The van der Waals surface area contributed by atoms with Gasteiger partial charge < -0.3 is 4.74 Å². The first kappa shape index (κ1) is 16.6. The van der Waals surface area contributed by atoms with Gasteiger partial charge in [0.2, 0.25) is 10.0 Å². The Hall–Kier alpha value is -1.45. The van der Waals surface area contributed by atoms with E-state index in [-0.39, 0.29) is 12.3 Å². The number of rotatable bonds is 5. The average Bonchev–Trinajstić information content (AvgIpc) is 2.33. The van der Waals surface area contributed by atoms with Gasteiger partial charge in [-0.05, 0) is 13.8 Å². The molecular weight excluding hydrogens is 286 g/mol. The van der Waals surface area contributed by atoms with Crippen molar-refractivity contribution in [3.63, 3.8) is 0 Å². The molecule has 20 heavy (non-hydrogen) atoms. The lowest BCUT2D eigenvalue weighted by atomic mass is 10.4. The van der Waals surface area contributed by atoms with E-state index in [4.69, 9.17) is 4.74 Å². The van der Waals surface area contributed by atoms with Crippen LogP contribution in [0.4, 0.5) is 0 Å². The highest BCUT2D eigenvalue weighted by atomic mass is 32.2. The Labute approximate surface area is 117 Å².